The quantitative estimate of drug-likeness (QED) is 0.893. The van der Waals surface area contributed by atoms with Gasteiger partial charge in [0.25, 0.3) is 5.56 Å². The average Bonchev–Trinajstić information content (AvgIpc) is 2.33. The van der Waals surface area contributed by atoms with E-state index in [0.29, 0.717) is 17.8 Å². The zero-order valence-corrected chi connectivity index (χ0v) is 11.7. The summed E-state index contributed by atoms with van der Waals surface area (Å²) in [4.78, 5) is 20.7. The third kappa shape index (κ3) is 3.56. The van der Waals surface area contributed by atoms with Gasteiger partial charge >= 0.3 is 0 Å². The Bertz CT molecular complexity index is 595. The third-order valence-corrected chi connectivity index (χ3v) is 2.56. The molecule has 0 spiro atoms. The van der Waals surface area contributed by atoms with Crippen molar-refractivity contribution in [1.29, 1.82) is 0 Å². The number of aromatic nitrogens is 2. The Morgan fingerprint density at radius 3 is 2.47 bits per heavy atom. The van der Waals surface area contributed by atoms with Crippen LogP contribution < -0.4 is 11.3 Å². The van der Waals surface area contributed by atoms with Gasteiger partial charge in [-0.1, -0.05) is 30.3 Å². The molecule has 0 saturated heterocycles. The molecular weight excluding hydrogens is 264 g/mol. The second-order valence-corrected chi connectivity index (χ2v) is 4.38. The fourth-order valence-electron chi connectivity index (χ4n) is 1.81. The number of H-pyrrole nitrogens is 1. The smallest absolute Gasteiger partial charge is 0.257 e. The van der Waals surface area contributed by atoms with Gasteiger partial charge in [-0.2, -0.15) is 0 Å². The Labute approximate surface area is 117 Å². The maximum atomic E-state index is 12.0. The predicted octanol–water partition coefficient (Wildman–Crippen LogP) is 1.50. The zero-order chi connectivity index (χ0) is 13.1. The summed E-state index contributed by atoms with van der Waals surface area (Å²) in [6.45, 7) is 0.521. The lowest BCUT2D eigenvalue weighted by Gasteiger charge is -2.13. The minimum absolute atomic E-state index is 0. The molecule has 5 nitrogen and oxygen atoms in total. The second-order valence-electron chi connectivity index (χ2n) is 4.38. The van der Waals surface area contributed by atoms with Crippen LogP contribution in [0.5, 0.6) is 0 Å². The minimum atomic E-state index is -0.185. The van der Waals surface area contributed by atoms with Gasteiger partial charge in [0, 0.05) is 12.1 Å². The summed E-state index contributed by atoms with van der Waals surface area (Å²) in [6, 6.07) is 9.58. The van der Waals surface area contributed by atoms with Gasteiger partial charge in [0.1, 0.15) is 0 Å². The first-order valence-corrected chi connectivity index (χ1v) is 5.66. The van der Waals surface area contributed by atoms with Crippen LogP contribution in [0.2, 0.25) is 0 Å². The lowest BCUT2D eigenvalue weighted by molar-refractivity contribution is 0.400. The lowest BCUT2D eigenvalue weighted by Crippen LogP contribution is -2.23. The molecule has 0 aliphatic heterocycles. The normalized spacial score (nSPS) is 10.3. The van der Waals surface area contributed by atoms with E-state index in [0.717, 1.165) is 5.56 Å². The second kappa shape index (κ2) is 6.36. The van der Waals surface area contributed by atoms with Crippen molar-refractivity contribution >= 4 is 18.4 Å². The van der Waals surface area contributed by atoms with Crippen molar-refractivity contribution in [1.82, 2.24) is 14.9 Å². The van der Waals surface area contributed by atoms with Crippen LogP contribution in [0.4, 0.5) is 5.95 Å². The maximum absolute atomic E-state index is 12.0. The van der Waals surface area contributed by atoms with Crippen molar-refractivity contribution in [2.24, 2.45) is 0 Å². The van der Waals surface area contributed by atoms with E-state index >= 15 is 0 Å². The predicted molar refractivity (Wildman–Crippen MR) is 79.3 cm³/mol. The molecule has 102 valence electrons. The van der Waals surface area contributed by atoms with Crippen molar-refractivity contribution in [3.63, 3.8) is 0 Å². The number of hydrogen-bond donors (Lipinski definition) is 2. The monoisotopic (exact) mass is 280 g/mol. The fraction of sp³-hybridized carbons (Fsp3) is 0.231. The van der Waals surface area contributed by atoms with E-state index < -0.39 is 0 Å². The number of benzene rings is 1. The van der Waals surface area contributed by atoms with Crippen LogP contribution in [-0.4, -0.2) is 29.0 Å². The molecule has 1 aromatic carbocycles. The van der Waals surface area contributed by atoms with Gasteiger partial charge in [-0.3, -0.25) is 9.78 Å². The highest BCUT2D eigenvalue weighted by Gasteiger charge is 2.12. The van der Waals surface area contributed by atoms with Crippen LogP contribution in [0.15, 0.2) is 35.1 Å². The van der Waals surface area contributed by atoms with Crippen molar-refractivity contribution in [3.05, 3.63) is 46.2 Å². The molecule has 2 rings (SSSR count). The van der Waals surface area contributed by atoms with Gasteiger partial charge < -0.3 is 10.6 Å². The summed E-state index contributed by atoms with van der Waals surface area (Å²) in [6.07, 6.45) is 0. The van der Waals surface area contributed by atoms with Crippen LogP contribution in [-0.2, 0) is 6.54 Å². The van der Waals surface area contributed by atoms with Crippen molar-refractivity contribution in [2.45, 2.75) is 6.54 Å². The Morgan fingerprint density at radius 2 is 1.89 bits per heavy atom. The number of nitrogens with zero attached hydrogens (tertiary/aromatic N) is 2. The van der Waals surface area contributed by atoms with Crippen molar-refractivity contribution < 1.29 is 0 Å². The molecule has 0 aliphatic rings. The summed E-state index contributed by atoms with van der Waals surface area (Å²) in [7, 11) is 3.81. The van der Waals surface area contributed by atoms with Gasteiger partial charge in [-0.25, -0.2) is 4.98 Å². The third-order valence-electron chi connectivity index (χ3n) is 2.56. The number of nitrogens with two attached hydrogens (primary N) is 1. The van der Waals surface area contributed by atoms with E-state index in [-0.39, 0.29) is 23.9 Å². The molecule has 0 radical (unpaired) electrons. The van der Waals surface area contributed by atoms with Gasteiger partial charge in [0.05, 0.1) is 11.3 Å². The molecule has 0 atom stereocenters. The molecule has 0 unspecified atom stereocenters. The minimum Gasteiger partial charge on any atom is -0.369 e. The van der Waals surface area contributed by atoms with Crippen LogP contribution in [0.25, 0.3) is 11.3 Å². The Kier molecular flexibility index (Phi) is 5.09. The summed E-state index contributed by atoms with van der Waals surface area (Å²) >= 11 is 0. The van der Waals surface area contributed by atoms with E-state index in [4.69, 9.17) is 5.73 Å². The molecule has 3 N–H and O–H groups in total. The number of anilines is 1. The summed E-state index contributed by atoms with van der Waals surface area (Å²) in [5.41, 5.74) is 7.60. The zero-order valence-electron chi connectivity index (χ0n) is 10.9. The Balaban J connectivity index is 0.00000180. The Hall–Kier alpha value is -1.85. The van der Waals surface area contributed by atoms with Crippen molar-refractivity contribution in [3.8, 4) is 11.3 Å². The molecule has 0 aliphatic carbocycles. The number of rotatable bonds is 3. The summed E-state index contributed by atoms with van der Waals surface area (Å²) in [5.74, 6) is 0.140. The number of nitrogens with one attached hydrogen (secondary N) is 1. The number of hydrogen-bond acceptors (Lipinski definition) is 4. The highest BCUT2D eigenvalue weighted by molar-refractivity contribution is 5.85. The van der Waals surface area contributed by atoms with E-state index in [9.17, 15) is 4.79 Å². The number of nitrogen functional groups attached to an aromatic ring is 1. The first-order chi connectivity index (χ1) is 8.58. The molecule has 2 aromatic rings. The Morgan fingerprint density at radius 1 is 1.26 bits per heavy atom. The molecule has 0 bridgehead atoms. The molecule has 0 saturated carbocycles. The van der Waals surface area contributed by atoms with Crippen LogP contribution in [0.1, 0.15) is 5.56 Å². The standard InChI is InChI=1S/C13H16N4O.ClH/c1-17(2)8-10-11(9-6-4-3-5-7-9)15-13(14)16-12(10)18;/h3-7H,8H2,1-2H3,(H3,14,15,16,18);1H. The molecule has 19 heavy (non-hydrogen) atoms. The molecule has 0 amide bonds. The fourth-order valence-corrected chi connectivity index (χ4v) is 1.81. The molecular formula is C13H17ClN4O. The summed E-state index contributed by atoms with van der Waals surface area (Å²) in [5, 5.41) is 0. The van der Waals surface area contributed by atoms with Gasteiger partial charge in [-0.15, -0.1) is 12.4 Å². The van der Waals surface area contributed by atoms with Crippen LogP contribution in [0.3, 0.4) is 0 Å². The van der Waals surface area contributed by atoms with E-state index in [1.807, 2.05) is 49.3 Å². The molecule has 1 heterocycles. The maximum Gasteiger partial charge on any atom is 0.257 e. The highest BCUT2D eigenvalue weighted by atomic mass is 35.5. The van der Waals surface area contributed by atoms with E-state index in [1.165, 1.54) is 0 Å². The molecule has 0 fully saturated rings. The first-order valence-electron chi connectivity index (χ1n) is 5.66. The number of aromatic amines is 1. The van der Waals surface area contributed by atoms with Gasteiger partial charge in [0.2, 0.25) is 5.95 Å². The van der Waals surface area contributed by atoms with Crippen LogP contribution >= 0.6 is 12.4 Å². The van der Waals surface area contributed by atoms with Crippen LogP contribution in [0, 0.1) is 0 Å². The lowest BCUT2D eigenvalue weighted by atomic mass is 10.1. The average molecular weight is 281 g/mol. The van der Waals surface area contributed by atoms with E-state index in [2.05, 4.69) is 9.97 Å². The number of halogens is 1. The molecule has 1 aromatic heterocycles. The van der Waals surface area contributed by atoms with Gasteiger partial charge in [-0.05, 0) is 14.1 Å². The van der Waals surface area contributed by atoms with E-state index in [1.54, 1.807) is 0 Å². The van der Waals surface area contributed by atoms with Crippen molar-refractivity contribution in [2.75, 3.05) is 19.8 Å². The topological polar surface area (TPSA) is 75.0 Å². The van der Waals surface area contributed by atoms with Gasteiger partial charge in [0.15, 0.2) is 0 Å². The molecule has 6 heteroatoms. The summed E-state index contributed by atoms with van der Waals surface area (Å²) < 4.78 is 0. The SMILES string of the molecule is CN(C)Cc1c(-c2ccccc2)nc(N)[nH]c1=O.Cl. The first kappa shape index (κ1) is 15.2. The highest BCUT2D eigenvalue weighted by Crippen LogP contribution is 2.19. The largest absolute Gasteiger partial charge is 0.369 e.